The van der Waals surface area contributed by atoms with E-state index in [2.05, 4.69) is 42.2 Å². The van der Waals surface area contributed by atoms with Gasteiger partial charge in [-0.2, -0.15) is 0 Å². The van der Waals surface area contributed by atoms with Crippen molar-refractivity contribution >= 4 is 34.4 Å². The minimum Gasteiger partial charge on any atom is -0.312 e. The van der Waals surface area contributed by atoms with E-state index in [9.17, 15) is 0 Å². The van der Waals surface area contributed by atoms with E-state index in [1.165, 1.54) is 0 Å². The molecule has 0 atom stereocenters. The third-order valence-corrected chi connectivity index (χ3v) is 4.47. The van der Waals surface area contributed by atoms with Crippen LogP contribution in [0.15, 0.2) is 12.3 Å². The van der Waals surface area contributed by atoms with Gasteiger partial charge in [-0.1, -0.05) is 39.3 Å². The average Bonchev–Trinajstić information content (AvgIpc) is 2.66. The van der Waals surface area contributed by atoms with E-state index < -0.39 is 0 Å². The van der Waals surface area contributed by atoms with E-state index in [0.29, 0.717) is 16.8 Å². The molecule has 2 aromatic heterocycles. The lowest BCUT2D eigenvalue weighted by atomic mass is 9.81. The zero-order chi connectivity index (χ0) is 14.9. The van der Waals surface area contributed by atoms with Crippen LogP contribution in [0.1, 0.15) is 33.5 Å². The van der Waals surface area contributed by atoms with Crippen molar-refractivity contribution in [3.05, 3.63) is 23.1 Å². The predicted molar refractivity (Wildman–Crippen MR) is 85.6 cm³/mol. The molecule has 0 aliphatic carbocycles. The van der Waals surface area contributed by atoms with Gasteiger partial charge in [0.2, 0.25) is 0 Å². The number of aryl methyl sites for hydroxylation is 1. The Morgan fingerprint density at radius 3 is 2.65 bits per heavy atom. The van der Waals surface area contributed by atoms with Crippen molar-refractivity contribution in [3.63, 3.8) is 0 Å². The largest absolute Gasteiger partial charge is 0.312 e. The van der Waals surface area contributed by atoms with Crippen molar-refractivity contribution in [2.24, 2.45) is 11.3 Å². The fourth-order valence-corrected chi connectivity index (χ4v) is 2.39. The van der Waals surface area contributed by atoms with E-state index in [4.69, 9.17) is 23.2 Å². The van der Waals surface area contributed by atoms with Gasteiger partial charge in [0, 0.05) is 25.0 Å². The molecule has 2 heterocycles. The maximum atomic E-state index is 6.00. The van der Waals surface area contributed by atoms with Crippen molar-refractivity contribution in [3.8, 4) is 0 Å². The number of rotatable bonds is 5. The number of alkyl halides is 1. The predicted octanol–water partition coefficient (Wildman–Crippen LogP) is 4.55. The molecule has 0 N–H and O–H groups in total. The van der Waals surface area contributed by atoms with E-state index in [1.807, 2.05) is 6.07 Å². The van der Waals surface area contributed by atoms with Crippen molar-refractivity contribution < 1.29 is 0 Å². The molecule has 2 aromatic rings. The van der Waals surface area contributed by atoms with Crippen LogP contribution in [-0.4, -0.2) is 20.4 Å². The molecule has 0 unspecified atom stereocenters. The highest BCUT2D eigenvalue weighted by molar-refractivity contribution is 6.31. The van der Waals surface area contributed by atoms with Gasteiger partial charge in [0.25, 0.3) is 0 Å². The number of pyridine rings is 1. The van der Waals surface area contributed by atoms with Gasteiger partial charge in [0.1, 0.15) is 11.3 Å². The van der Waals surface area contributed by atoms with Gasteiger partial charge in [-0.3, -0.25) is 0 Å². The van der Waals surface area contributed by atoms with Crippen LogP contribution in [0, 0.1) is 11.3 Å². The molecule has 0 radical (unpaired) electrons. The normalized spacial score (nSPS) is 12.6. The third kappa shape index (κ3) is 3.09. The Morgan fingerprint density at radius 1 is 1.35 bits per heavy atom. The number of fused-ring (bicyclic) bond motifs is 1. The van der Waals surface area contributed by atoms with Gasteiger partial charge in [-0.15, -0.1) is 11.6 Å². The molecular weight excluding hydrogens is 293 g/mol. The minimum atomic E-state index is 0.163. The summed E-state index contributed by atoms with van der Waals surface area (Å²) >= 11 is 11.9. The van der Waals surface area contributed by atoms with Crippen molar-refractivity contribution in [1.82, 2.24) is 14.5 Å². The molecule has 0 aliphatic rings. The van der Waals surface area contributed by atoms with Gasteiger partial charge >= 0.3 is 0 Å². The minimum absolute atomic E-state index is 0.163. The van der Waals surface area contributed by atoms with Crippen molar-refractivity contribution in [1.29, 1.82) is 0 Å². The molecule has 0 aliphatic heterocycles. The van der Waals surface area contributed by atoms with Crippen LogP contribution in [0.5, 0.6) is 0 Å². The molecule has 3 nitrogen and oxygen atoms in total. The fourth-order valence-electron chi connectivity index (χ4n) is 2.06. The summed E-state index contributed by atoms with van der Waals surface area (Å²) in [7, 11) is 0. The van der Waals surface area contributed by atoms with Gasteiger partial charge in [-0.05, 0) is 17.4 Å². The van der Waals surface area contributed by atoms with E-state index in [-0.39, 0.29) is 5.41 Å². The summed E-state index contributed by atoms with van der Waals surface area (Å²) in [5.74, 6) is 2.11. The molecule has 2 rings (SSSR count). The zero-order valence-corrected chi connectivity index (χ0v) is 14.0. The van der Waals surface area contributed by atoms with Gasteiger partial charge in [0.05, 0.1) is 5.02 Å². The second kappa shape index (κ2) is 5.90. The molecule has 110 valence electrons. The number of nitrogens with zero attached hydrogens (tertiary/aromatic N) is 3. The summed E-state index contributed by atoms with van der Waals surface area (Å²) in [4.78, 5) is 9.09. The molecule has 0 saturated heterocycles. The first kappa shape index (κ1) is 15.6. The molecule has 0 spiro atoms. The molecule has 5 heteroatoms. The van der Waals surface area contributed by atoms with Crippen LogP contribution >= 0.6 is 23.2 Å². The number of aromatic nitrogens is 3. The summed E-state index contributed by atoms with van der Waals surface area (Å²) < 4.78 is 2.19. The zero-order valence-electron chi connectivity index (χ0n) is 12.5. The van der Waals surface area contributed by atoms with Crippen LogP contribution in [0.2, 0.25) is 5.02 Å². The molecule has 0 amide bonds. The summed E-state index contributed by atoms with van der Waals surface area (Å²) in [6, 6.07) is 1.86. The Morgan fingerprint density at radius 2 is 2.05 bits per heavy atom. The highest BCUT2D eigenvalue weighted by Gasteiger charge is 2.25. The van der Waals surface area contributed by atoms with Crippen LogP contribution in [0.25, 0.3) is 11.2 Å². The number of hydrogen-bond donors (Lipinski definition) is 0. The lowest BCUT2D eigenvalue weighted by molar-refractivity contribution is 0.210. The monoisotopic (exact) mass is 313 g/mol. The quantitative estimate of drug-likeness (QED) is 0.758. The molecule has 20 heavy (non-hydrogen) atoms. The first-order chi connectivity index (χ1) is 9.35. The molecular formula is C15H21Cl2N3. The highest BCUT2D eigenvalue weighted by atomic mass is 35.5. The van der Waals surface area contributed by atoms with Crippen molar-refractivity contribution in [2.75, 3.05) is 5.88 Å². The van der Waals surface area contributed by atoms with Crippen LogP contribution < -0.4 is 0 Å². The fraction of sp³-hybridized carbons (Fsp3) is 0.600. The highest BCUT2D eigenvalue weighted by Crippen LogP contribution is 2.30. The first-order valence-electron chi connectivity index (χ1n) is 6.92. The van der Waals surface area contributed by atoms with Gasteiger partial charge < -0.3 is 4.57 Å². The molecule has 0 saturated carbocycles. The second-order valence-electron chi connectivity index (χ2n) is 6.19. The number of hydrogen-bond acceptors (Lipinski definition) is 2. The molecule has 0 aromatic carbocycles. The van der Waals surface area contributed by atoms with Crippen LogP contribution in [0.3, 0.4) is 0 Å². The Labute approximate surface area is 130 Å². The third-order valence-electron chi connectivity index (χ3n) is 4.08. The maximum absolute atomic E-state index is 6.00. The van der Waals surface area contributed by atoms with E-state index >= 15 is 0 Å². The van der Waals surface area contributed by atoms with Crippen molar-refractivity contribution in [2.45, 2.75) is 40.7 Å². The Hall–Kier alpha value is -0.800. The standard InChI is InChI=1S/C15H21Cl2N3/c1-10(2)15(3,4)9-20-13(5-6-16)19-12-7-11(17)8-18-14(12)20/h7-8,10H,5-6,9H2,1-4H3. The SMILES string of the molecule is CC(C)C(C)(C)Cn1c(CCCl)nc2cc(Cl)cnc21. The lowest BCUT2D eigenvalue weighted by Gasteiger charge is -2.30. The maximum Gasteiger partial charge on any atom is 0.160 e. The Balaban J connectivity index is 2.51. The summed E-state index contributed by atoms with van der Waals surface area (Å²) in [6.45, 7) is 9.89. The van der Waals surface area contributed by atoms with Gasteiger partial charge in [0.15, 0.2) is 5.65 Å². The average molecular weight is 314 g/mol. The summed E-state index contributed by atoms with van der Waals surface area (Å²) in [6.07, 6.45) is 2.42. The second-order valence-corrected chi connectivity index (χ2v) is 7.01. The van der Waals surface area contributed by atoms with E-state index in [0.717, 1.165) is 30.0 Å². The summed E-state index contributed by atoms with van der Waals surface area (Å²) in [5, 5.41) is 0.614. The smallest absolute Gasteiger partial charge is 0.160 e. The molecule has 0 fully saturated rings. The number of imidazole rings is 1. The Kier molecular flexibility index (Phi) is 4.60. The van der Waals surface area contributed by atoms with Crippen LogP contribution in [0.4, 0.5) is 0 Å². The molecule has 0 bridgehead atoms. The number of halogens is 2. The van der Waals surface area contributed by atoms with Crippen LogP contribution in [-0.2, 0) is 13.0 Å². The van der Waals surface area contributed by atoms with E-state index in [1.54, 1.807) is 6.20 Å². The lowest BCUT2D eigenvalue weighted by Crippen LogP contribution is -2.26. The Bertz CT molecular complexity index is 602. The van der Waals surface area contributed by atoms with Gasteiger partial charge in [-0.25, -0.2) is 9.97 Å². The summed E-state index contributed by atoms with van der Waals surface area (Å²) in [5.41, 5.74) is 1.90. The topological polar surface area (TPSA) is 30.7 Å². The first-order valence-corrected chi connectivity index (χ1v) is 7.83.